The molecule has 22 heavy (non-hydrogen) atoms. The zero-order valence-corrected chi connectivity index (χ0v) is 12.6. The molecule has 1 N–H and O–H groups in total. The smallest absolute Gasteiger partial charge is 0.329 e. The molecule has 0 aliphatic carbocycles. The molecule has 1 aromatic heterocycles. The van der Waals surface area contributed by atoms with Crippen LogP contribution in [0.15, 0.2) is 45.6 Å². The first-order chi connectivity index (χ1) is 10.6. The molecule has 1 aromatic carbocycles. The SMILES string of the molecule is CN1C2=CCC[C@H]1CC(n1c(=O)[nH]c3ccccc3c1=O)C2. The molecule has 1 unspecified atom stereocenters. The molecule has 2 aliphatic heterocycles. The number of para-hydroxylation sites is 1. The van der Waals surface area contributed by atoms with Gasteiger partial charge in [-0.05, 0) is 31.4 Å². The summed E-state index contributed by atoms with van der Waals surface area (Å²) in [7, 11) is 2.11. The van der Waals surface area contributed by atoms with Gasteiger partial charge in [-0.15, -0.1) is 0 Å². The van der Waals surface area contributed by atoms with Crippen molar-refractivity contribution in [2.24, 2.45) is 0 Å². The van der Waals surface area contributed by atoms with Gasteiger partial charge in [0.2, 0.25) is 0 Å². The Labute approximate surface area is 127 Å². The van der Waals surface area contributed by atoms with E-state index >= 15 is 0 Å². The molecule has 1 fully saturated rings. The van der Waals surface area contributed by atoms with Crippen LogP contribution in [0.2, 0.25) is 0 Å². The van der Waals surface area contributed by atoms with Gasteiger partial charge in [0, 0.05) is 31.2 Å². The van der Waals surface area contributed by atoms with Crippen molar-refractivity contribution in [3.05, 3.63) is 56.9 Å². The molecule has 0 amide bonds. The largest absolute Gasteiger partial charge is 0.375 e. The van der Waals surface area contributed by atoms with Crippen molar-refractivity contribution < 1.29 is 0 Å². The zero-order chi connectivity index (χ0) is 15.3. The topological polar surface area (TPSA) is 58.1 Å². The van der Waals surface area contributed by atoms with E-state index < -0.39 is 0 Å². The maximum Gasteiger partial charge on any atom is 0.329 e. The van der Waals surface area contributed by atoms with Crippen LogP contribution >= 0.6 is 0 Å². The van der Waals surface area contributed by atoms with Crippen LogP contribution in [0.4, 0.5) is 0 Å². The number of hydrogen-bond acceptors (Lipinski definition) is 3. The van der Waals surface area contributed by atoms with Crippen molar-refractivity contribution in [1.82, 2.24) is 14.5 Å². The Morgan fingerprint density at radius 1 is 1.18 bits per heavy atom. The summed E-state index contributed by atoms with van der Waals surface area (Å²) < 4.78 is 1.43. The van der Waals surface area contributed by atoms with Gasteiger partial charge in [0.25, 0.3) is 5.56 Å². The van der Waals surface area contributed by atoms with Crippen molar-refractivity contribution in [2.75, 3.05) is 7.05 Å². The Kier molecular flexibility index (Phi) is 2.96. The predicted molar refractivity (Wildman–Crippen MR) is 86.0 cm³/mol. The third-order valence-corrected chi connectivity index (χ3v) is 5.07. The highest BCUT2D eigenvalue weighted by Crippen LogP contribution is 2.36. The van der Waals surface area contributed by atoms with Gasteiger partial charge < -0.3 is 9.88 Å². The van der Waals surface area contributed by atoms with E-state index in [9.17, 15) is 9.59 Å². The Bertz CT molecular complexity index is 877. The molecule has 1 saturated heterocycles. The number of rotatable bonds is 1. The van der Waals surface area contributed by atoms with Crippen LogP contribution in [0.1, 0.15) is 31.7 Å². The molecule has 2 aliphatic rings. The van der Waals surface area contributed by atoms with Crippen LogP contribution in [-0.2, 0) is 0 Å². The van der Waals surface area contributed by atoms with Crippen LogP contribution in [0.5, 0.6) is 0 Å². The van der Waals surface area contributed by atoms with Crippen LogP contribution in [0, 0.1) is 0 Å². The van der Waals surface area contributed by atoms with Gasteiger partial charge in [-0.2, -0.15) is 0 Å². The number of piperidine rings is 1. The van der Waals surface area contributed by atoms with Crippen LogP contribution in [0.25, 0.3) is 10.9 Å². The second kappa shape index (κ2) is 4.87. The third kappa shape index (κ3) is 1.92. The minimum Gasteiger partial charge on any atom is -0.375 e. The fraction of sp³-hybridized carbons (Fsp3) is 0.412. The average molecular weight is 297 g/mol. The first-order valence-electron chi connectivity index (χ1n) is 7.80. The summed E-state index contributed by atoms with van der Waals surface area (Å²) in [6, 6.07) is 7.59. The molecule has 2 aromatic rings. The number of fused-ring (bicyclic) bond motifs is 3. The quantitative estimate of drug-likeness (QED) is 0.876. The Balaban J connectivity index is 1.85. The number of nitrogens with zero attached hydrogens (tertiary/aromatic N) is 2. The second-order valence-electron chi connectivity index (χ2n) is 6.28. The van der Waals surface area contributed by atoms with E-state index in [1.165, 1.54) is 10.3 Å². The van der Waals surface area contributed by atoms with E-state index in [1.54, 1.807) is 12.1 Å². The highest BCUT2D eigenvalue weighted by atomic mass is 16.2. The molecule has 0 radical (unpaired) electrons. The zero-order valence-electron chi connectivity index (χ0n) is 12.6. The summed E-state index contributed by atoms with van der Waals surface area (Å²) in [6.45, 7) is 0. The van der Waals surface area contributed by atoms with E-state index in [-0.39, 0.29) is 17.3 Å². The maximum atomic E-state index is 12.8. The van der Waals surface area contributed by atoms with E-state index in [1.807, 2.05) is 12.1 Å². The maximum absolute atomic E-state index is 12.8. The summed E-state index contributed by atoms with van der Waals surface area (Å²) in [6.07, 6.45) is 6.04. The van der Waals surface area contributed by atoms with Gasteiger partial charge in [0.1, 0.15) is 0 Å². The van der Waals surface area contributed by atoms with Crippen molar-refractivity contribution in [1.29, 1.82) is 0 Å². The highest BCUT2D eigenvalue weighted by molar-refractivity contribution is 5.76. The molecule has 5 heteroatoms. The number of benzene rings is 1. The molecule has 2 atom stereocenters. The Hall–Kier alpha value is -2.30. The summed E-state index contributed by atoms with van der Waals surface area (Å²) in [5.74, 6) is 0. The molecular weight excluding hydrogens is 278 g/mol. The predicted octanol–water partition coefficient (Wildman–Crippen LogP) is 2.00. The van der Waals surface area contributed by atoms with Gasteiger partial charge in [-0.25, -0.2) is 4.79 Å². The lowest BCUT2D eigenvalue weighted by molar-refractivity contribution is 0.168. The minimum absolute atomic E-state index is 0.0476. The molecule has 5 nitrogen and oxygen atoms in total. The number of aromatic nitrogens is 2. The Morgan fingerprint density at radius 2 is 2.00 bits per heavy atom. The molecule has 3 heterocycles. The lowest BCUT2D eigenvalue weighted by Gasteiger charge is -2.43. The number of nitrogens with one attached hydrogen (secondary N) is 1. The molecule has 0 spiro atoms. The molecule has 0 saturated carbocycles. The highest BCUT2D eigenvalue weighted by Gasteiger charge is 2.33. The normalized spacial score (nSPS) is 24.4. The lowest BCUT2D eigenvalue weighted by atomic mass is 9.88. The number of aromatic amines is 1. The summed E-state index contributed by atoms with van der Waals surface area (Å²) >= 11 is 0. The number of H-pyrrole nitrogens is 1. The van der Waals surface area contributed by atoms with Crippen molar-refractivity contribution in [2.45, 2.75) is 37.8 Å². The monoisotopic (exact) mass is 297 g/mol. The average Bonchev–Trinajstić information content (AvgIpc) is 2.48. The molecule has 4 rings (SSSR count). The van der Waals surface area contributed by atoms with Gasteiger partial charge in [-0.3, -0.25) is 9.36 Å². The fourth-order valence-electron chi connectivity index (χ4n) is 3.86. The molecular formula is C17H19N3O2. The summed E-state index contributed by atoms with van der Waals surface area (Å²) in [4.78, 5) is 30.3. The fourth-order valence-corrected chi connectivity index (χ4v) is 3.86. The van der Waals surface area contributed by atoms with Gasteiger partial charge in [0.15, 0.2) is 0 Å². The summed E-state index contributed by atoms with van der Waals surface area (Å²) in [5, 5.41) is 0.583. The van der Waals surface area contributed by atoms with Crippen LogP contribution in [0.3, 0.4) is 0 Å². The number of hydrogen-bond donors (Lipinski definition) is 1. The van der Waals surface area contributed by atoms with Crippen LogP contribution in [-0.4, -0.2) is 27.5 Å². The van der Waals surface area contributed by atoms with Gasteiger partial charge >= 0.3 is 5.69 Å². The van der Waals surface area contributed by atoms with E-state index in [0.29, 0.717) is 16.9 Å². The first kappa shape index (κ1) is 13.4. The van der Waals surface area contributed by atoms with Gasteiger partial charge in [0.05, 0.1) is 10.9 Å². The lowest BCUT2D eigenvalue weighted by Crippen LogP contribution is -2.46. The van der Waals surface area contributed by atoms with E-state index in [2.05, 4.69) is 23.0 Å². The first-order valence-corrected chi connectivity index (χ1v) is 7.80. The molecule has 114 valence electrons. The standard InChI is InChI=1S/C17H19N3O2/c1-19-11-5-4-6-12(19)10-13(9-11)20-16(21)14-7-2-3-8-15(14)18-17(20)22/h2-3,5,7-8,12-13H,4,6,9-10H2,1H3,(H,18,22)/t12-,13?/m0/s1. The number of allylic oxidation sites excluding steroid dienone is 2. The molecule has 2 bridgehead atoms. The van der Waals surface area contributed by atoms with Crippen molar-refractivity contribution >= 4 is 10.9 Å². The van der Waals surface area contributed by atoms with E-state index in [0.717, 1.165) is 25.7 Å². The summed E-state index contributed by atoms with van der Waals surface area (Å²) in [5.41, 5.74) is 1.40. The minimum atomic E-state index is -0.295. The van der Waals surface area contributed by atoms with Crippen molar-refractivity contribution in [3.63, 3.8) is 0 Å². The Morgan fingerprint density at radius 3 is 2.82 bits per heavy atom. The van der Waals surface area contributed by atoms with Crippen molar-refractivity contribution in [3.8, 4) is 0 Å². The van der Waals surface area contributed by atoms with Crippen LogP contribution < -0.4 is 11.2 Å². The van der Waals surface area contributed by atoms with Gasteiger partial charge in [-0.1, -0.05) is 18.2 Å². The second-order valence-corrected chi connectivity index (χ2v) is 6.28. The van der Waals surface area contributed by atoms with E-state index in [4.69, 9.17) is 0 Å². The third-order valence-electron chi connectivity index (χ3n) is 5.07.